The molecular formula is C36H63N3O28S. The topological polar surface area (TPSA) is 488 Å². The zero-order valence-corrected chi connectivity index (χ0v) is 37.6. The number of hydrogen-bond donors (Lipinski definition) is 17. The van der Waals surface area contributed by atoms with E-state index >= 15 is 0 Å². The van der Waals surface area contributed by atoms with Crippen molar-refractivity contribution in [1.82, 2.24) is 16.0 Å². The van der Waals surface area contributed by atoms with E-state index in [1.807, 2.05) is 0 Å². The summed E-state index contributed by atoms with van der Waals surface area (Å²) in [4.78, 5) is 36.7. The van der Waals surface area contributed by atoms with Crippen molar-refractivity contribution in [3.05, 3.63) is 0 Å². The highest BCUT2D eigenvalue weighted by molar-refractivity contribution is 7.80. The van der Waals surface area contributed by atoms with Gasteiger partial charge in [0.25, 0.3) is 0 Å². The molecular weight excluding hydrogens is 954 g/mol. The second kappa shape index (κ2) is 25.2. The van der Waals surface area contributed by atoms with Crippen LogP contribution in [0.1, 0.15) is 27.7 Å². The van der Waals surface area contributed by atoms with Crippen molar-refractivity contribution in [3.8, 4) is 0 Å². The summed E-state index contributed by atoms with van der Waals surface area (Å²) < 4.78 is 82.7. The summed E-state index contributed by atoms with van der Waals surface area (Å²) in [5.74, 6) is -2.50. The van der Waals surface area contributed by atoms with Gasteiger partial charge in [0.15, 0.2) is 25.2 Å². The SMILES string of the molecule is CC(=O)N[C@H]1[C@H](OC[C@@H](O)[C@H](O)[C@H](O[C@@H]2O[C@H](CO)[C@H](O)[C@H](O)[C@H]2O[C@@H]2O[C@@H](C)[C@@H](O)[C@@H](O)[C@@H]2O)[C@H](CO)NC(C)=O)O[C@H](COS(=O)(=O)O)[C@@H](O[C@@H]2O[C@H](CO)[C@H](O)[C@H](O)[C@H]2NC(C)=O)[C@@H]1O. The van der Waals surface area contributed by atoms with Crippen molar-refractivity contribution in [2.24, 2.45) is 0 Å². The predicted octanol–water partition coefficient (Wildman–Crippen LogP) is -11.0. The van der Waals surface area contributed by atoms with Gasteiger partial charge in [-0.25, -0.2) is 4.18 Å². The molecule has 0 spiro atoms. The molecule has 0 aromatic heterocycles. The summed E-state index contributed by atoms with van der Waals surface area (Å²) in [5.41, 5.74) is 0. The highest BCUT2D eigenvalue weighted by Crippen LogP contribution is 2.33. The molecule has 396 valence electrons. The van der Waals surface area contributed by atoms with E-state index in [2.05, 4.69) is 20.1 Å². The minimum absolute atomic E-state index is 0.788. The molecule has 4 heterocycles. The van der Waals surface area contributed by atoms with Crippen LogP contribution in [-0.4, -0.2) is 277 Å². The summed E-state index contributed by atoms with van der Waals surface area (Å²) >= 11 is 0. The number of rotatable bonds is 21. The van der Waals surface area contributed by atoms with Crippen LogP contribution in [-0.2, 0) is 66.9 Å². The molecule has 0 radical (unpaired) electrons. The summed E-state index contributed by atoms with van der Waals surface area (Å²) in [6.45, 7) is -0.999. The average Bonchev–Trinajstić information content (AvgIpc) is 3.27. The highest BCUT2D eigenvalue weighted by atomic mass is 32.3. The Morgan fingerprint density at radius 1 is 0.618 bits per heavy atom. The molecule has 17 N–H and O–H groups in total. The third-order valence-electron chi connectivity index (χ3n) is 11.3. The minimum atomic E-state index is -5.28. The molecule has 24 atom stereocenters. The van der Waals surface area contributed by atoms with Crippen LogP contribution in [0, 0.1) is 0 Å². The van der Waals surface area contributed by atoms with E-state index in [1.165, 1.54) is 6.92 Å². The number of nitrogens with one attached hydrogen (secondary N) is 3. The molecule has 4 aliphatic rings. The summed E-state index contributed by atoms with van der Waals surface area (Å²) in [7, 11) is -5.28. The van der Waals surface area contributed by atoms with E-state index in [-0.39, 0.29) is 0 Å². The Morgan fingerprint density at radius 3 is 1.68 bits per heavy atom. The lowest BCUT2D eigenvalue weighted by atomic mass is 9.94. The Kier molecular flexibility index (Phi) is 21.5. The molecule has 3 amide bonds. The van der Waals surface area contributed by atoms with Gasteiger partial charge in [0.2, 0.25) is 17.7 Å². The van der Waals surface area contributed by atoms with Crippen molar-refractivity contribution in [2.75, 3.05) is 33.0 Å². The molecule has 4 fully saturated rings. The first kappa shape index (κ1) is 58.0. The van der Waals surface area contributed by atoms with Crippen LogP contribution in [0.4, 0.5) is 0 Å². The Balaban J connectivity index is 1.64. The van der Waals surface area contributed by atoms with Gasteiger partial charge in [0.05, 0.1) is 45.2 Å². The fourth-order valence-electron chi connectivity index (χ4n) is 7.81. The van der Waals surface area contributed by atoms with Gasteiger partial charge in [-0.3, -0.25) is 18.9 Å². The normalized spacial score (nSPS) is 40.9. The quantitative estimate of drug-likeness (QED) is 0.0475. The molecule has 0 aliphatic carbocycles. The zero-order chi connectivity index (χ0) is 51.1. The van der Waals surface area contributed by atoms with Crippen LogP contribution in [0.3, 0.4) is 0 Å². The molecule has 4 rings (SSSR count). The van der Waals surface area contributed by atoms with Gasteiger partial charge in [-0.2, -0.15) is 8.42 Å². The van der Waals surface area contributed by atoms with Crippen LogP contribution in [0.15, 0.2) is 0 Å². The standard InChI is InChI=1S/C36H63N3O28S/c1-10-21(47)27(53)29(55)35(61-10)67-32-28(54)24(50)17(7-42)63-36(32)65-30(14(5-40)37-11(2)43)22(48)15(46)8-59-33-20(39-13(4)45)26(52)31(18(64-33)9-60-68(56,57)58)66-34-19(38-12(3)44)25(51)23(49)16(6-41)62-34/h10,14-36,40-42,46-55H,5-9H2,1-4H3,(H,37,43)(H,38,44)(H,39,45)(H,56,57,58)/t10-,14-,15+,16+,17+,18+,19+,20+,21+,22-,23-,24-,25+,26+,27+,28-,29-,30+,31+,32+,33+,34-,35-,36-/m0/s1. The van der Waals surface area contributed by atoms with Gasteiger partial charge in [-0.05, 0) is 6.92 Å². The average molecular weight is 1020 g/mol. The molecule has 32 heteroatoms. The van der Waals surface area contributed by atoms with Crippen molar-refractivity contribution >= 4 is 28.1 Å². The van der Waals surface area contributed by atoms with Gasteiger partial charge < -0.3 is 120 Å². The van der Waals surface area contributed by atoms with Crippen molar-refractivity contribution in [3.63, 3.8) is 0 Å². The third-order valence-corrected chi connectivity index (χ3v) is 11.8. The molecule has 4 saturated heterocycles. The predicted molar refractivity (Wildman–Crippen MR) is 213 cm³/mol. The summed E-state index contributed by atoms with van der Waals surface area (Å²) in [5, 5.41) is 146. The van der Waals surface area contributed by atoms with Gasteiger partial charge in [-0.1, -0.05) is 0 Å². The monoisotopic (exact) mass is 1020 g/mol. The number of carbonyl (C=O) groups excluding carboxylic acids is 3. The van der Waals surface area contributed by atoms with Crippen LogP contribution in [0.2, 0.25) is 0 Å². The molecule has 31 nitrogen and oxygen atoms in total. The van der Waals surface area contributed by atoms with Crippen molar-refractivity contribution in [1.29, 1.82) is 0 Å². The molecule has 4 aliphatic heterocycles. The lowest BCUT2D eigenvalue weighted by Crippen LogP contribution is -2.69. The number of aliphatic hydroxyl groups excluding tert-OH is 13. The van der Waals surface area contributed by atoms with E-state index in [4.69, 9.17) is 37.9 Å². The second-order valence-electron chi connectivity index (χ2n) is 16.5. The minimum Gasteiger partial charge on any atom is -0.394 e. The van der Waals surface area contributed by atoms with E-state index in [1.54, 1.807) is 0 Å². The first-order valence-corrected chi connectivity index (χ1v) is 22.4. The molecule has 0 aromatic rings. The Morgan fingerprint density at radius 2 is 1.15 bits per heavy atom. The van der Waals surface area contributed by atoms with E-state index < -0.39 is 208 Å². The maximum absolute atomic E-state index is 12.4. The highest BCUT2D eigenvalue weighted by Gasteiger charge is 2.54. The van der Waals surface area contributed by atoms with Crippen LogP contribution >= 0.6 is 0 Å². The Bertz CT molecular complexity index is 1740. The van der Waals surface area contributed by atoms with Crippen molar-refractivity contribution < 1.29 is 136 Å². The van der Waals surface area contributed by atoms with E-state index in [0.717, 1.165) is 20.8 Å². The number of amides is 3. The van der Waals surface area contributed by atoms with Crippen LogP contribution in [0.5, 0.6) is 0 Å². The lowest BCUT2D eigenvalue weighted by molar-refractivity contribution is -0.373. The molecule has 0 aromatic carbocycles. The smallest absolute Gasteiger partial charge is 0.394 e. The first-order chi connectivity index (χ1) is 31.7. The van der Waals surface area contributed by atoms with Gasteiger partial charge in [0, 0.05) is 20.8 Å². The van der Waals surface area contributed by atoms with Gasteiger partial charge >= 0.3 is 10.4 Å². The molecule has 0 unspecified atom stereocenters. The summed E-state index contributed by atoms with van der Waals surface area (Å²) in [6, 6.07) is -5.12. The molecule has 68 heavy (non-hydrogen) atoms. The largest absolute Gasteiger partial charge is 0.397 e. The summed E-state index contributed by atoms with van der Waals surface area (Å²) in [6.07, 6.45) is -39.9. The number of carbonyl (C=O) groups is 3. The van der Waals surface area contributed by atoms with E-state index in [0.29, 0.717) is 0 Å². The van der Waals surface area contributed by atoms with Gasteiger partial charge in [0.1, 0.15) is 110 Å². The maximum atomic E-state index is 12.4. The molecule has 0 bridgehead atoms. The number of hydrogen-bond acceptors (Lipinski definition) is 27. The third kappa shape index (κ3) is 14.5. The van der Waals surface area contributed by atoms with Crippen molar-refractivity contribution in [2.45, 2.75) is 175 Å². The maximum Gasteiger partial charge on any atom is 0.397 e. The number of ether oxygens (including phenoxy) is 8. The van der Waals surface area contributed by atoms with Gasteiger partial charge in [-0.15, -0.1) is 0 Å². The lowest BCUT2D eigenvalue weighted by Gasteiger charge is -2.48. The molecule has 0 saturated carbocycles. The zero-order valence-electron chi connectivity index (χ0n) is 36.8. The van der Waals surface area contributed by atoms with E-state index in [9.17, 15) is 93.7 Å². The fourth-order valence-corrected chi connectivity index (χ4v) is 8.12. The second-order valence-corrected chi connectivity index (χ2v) is 17.6. The van der Waals surface area contributed by atoms with Crippen LogP contribution < -0.4 is 16.0 Å². The fraction of sp³-hybridized carbons (Fsp3) is 0.917. The number of aliphatic hydroxyl groups is 13. The van der Waals surface area contributed by atoms with Crippen LogP contribution in [0.25, 0.3) is 0 Å². The Labute approximate surface area is 387 Å². The Hall–Kier alpha value is -2.56. The first-order valence-electron chi connectivity index (χ1n) is 21.0.